The van der Waals surface area contributed by atoms with E-state index in [4.69, 9.17) is 14.6 Å². The maximum atomic E-state index is 12.0. The predicted molar refractivity (Wildman–Crippen MR) is 75.7 cm³/mol. The van der Waals surface area contributed by atoms with Gasteiger partial charge >= 0.3 is 0 Å². The third-order valence-corrected chi connectivity index (χ3v) is 6.96. The van der Waals surface area contributed by atoms with E-state index >= 15 is 0 Å². The third kappa shape index (κ3) is 1.16. The summed E-state index contributed by atoms with van der Waals surface area (Å²) in [5.41, 5.74) is 6.85. The van der Waals surface area contributed by atoms with Crippen molar-refractivity contribution in [3.8, 4) is 11.5 Å². The summed E-state index contributed by atoms with van der Waals surface area (Å²) in [6.45, 7) is 0. The number of rotatable bonds is 3. The molecule has 7 heteroatoms. The summed E-state index contributed by atoms with van der Waals surface area (Å²) in [5, 5.41) is 2.30. The first-order chi connectivity index (χ1) is 9.69. The fourth-order valence-corrected chi connectivity index (χ4v) is 5.74. The van der Waals surface area contributed by atoms with Crippen molar-refractivity contribution >= 4 is 41.0 Å². The third-order valence-electron chi connectivity index (χ3n) is 3.44. The Labute approximate surface area is 117 Å². The van der Waals surface area contributed by atoms with Gasteiger partial charge in [0.2, 0.25) is 7.14 Å². The Bertz CT molecular complexity index is 920. The highest BCUT2D eigenvalue weighted by Crippen LogP contribution is 2.70. The second-order valence-electron chi connectivity index (χ2n) is 4.65. The van der Waals surface area contributed by atoms with Crippen molar-refractivity contribution in [2.24, 2.45) is 0 Å². The van der Waals surface area contributed by atoms with E-state index in [1.165, 1.54) is 11.8 Å². The summed E-state index contributed by atoms with van der Waals surface area (Å²) in [5.74, 6) is 0.567. The largest absolute Gasteiger partial charge is 0.449 e. The fraction of sp³-hybridized carbons (Fsp3) is 0. The quantitative estimate of drug-likeness (QED) is 0.513. The van der Waals surface area contributed by atoms with E-state index < -0.39 is 7.14 Å². The molecular formula is C13H7N2O3PS. The lowest BCUT2D eigenvalue weighted by Gasteiger charge is -1.98. The molecule has 0 aliphatic carbocycles. The Morgan fingerprint density at radius 1 is 1.15 bits per heavy atom. The molecule has 0 spiro atoms. The second-order valence-corrected chi connectivity index (χ2v) is 8.21. The molecule has 3 aliphatic heterocycles. The Kier molecular flexibility index (Phi) is 1.74. The molecule has 0 radical (unpaired) electrons. The van der Waals surface area contributed by atoms with E-state index in [2.05, 4.69) is 4.98 Å². The number of nitrogens with two attached hydrogens (primary N) is 1. The van der Waals surface area contributed by atoms with Crippen LogP contribution in [0.1, 0.15) is 0 Å². The number of hydrogen-bond donors (Lipinski definition) is 1. The molecule has 1 aromatic carbocycles. The van der Waals surface area contributed by atoms with Crippen LogP contribution in [0, 0.1) is 0 Å². The van der Waals surface area contributed by atoms with Gasteiger partial charge in [-0.15, -0.1) is 0 Å². The fourth-order valence-electron chi connectivity index (χ4n) is 2.39. The van der Waals surface area contributed by atoms with E-state index in [1.807, 2.05) is 30.3 Å². The maximum absolute atomic E-state index is 12.0. The molecule has 2 aromatic heterocycles. The minimum atomic E-state index is -2.25. The van der Waals surface area contributed by atoms with E-state index in [0.29, 0.717) is 22.0 Å². The predicted octanol–water partition coefficient (Wildman–Crippen LogP) is 1.93. The van der Waals surface area contributed by atoms with Gasteiger partial charge in [-0.3, -0.25) is 0 Å². The molecule has 98 valence electrons. The van der Waals surface area contributed by atoms with E-state index in [9.17, 15) is 4.57 Å². The Morgan fingerprint density at radius 2 is 1.90 bits per heavy atom. The summed E-state index contributed by atoms with van der Waals surface area (Å²) < 4.78 is 23.0. The minimum Gasteiger partial charge on any atom is -0.449 e. The van der Waals surface area contributed by atoms with Crippen LogP contribution in [0.5, 0.6) is 0 Å². The van der Waals surface area contributed by atoms with Gasteiger partial charge in [-0.25, -0.2) is 0 Å². The summed E-state index contributed by atoms with van der Waals surface area (Å²) in [6, 6.07) is 9.86. The molecular weight excluding hydrogens is 295 g/mol. The van der Waals surface area contributed by atoms with Gasteiger partial charge in [-0.1, -0.05) is 18.2 Å². The summed E-state index contributed by atoms with van der Waals surface area (Å²) in [6.07, 6.45) is 0. The maximum Gasteiger partial charge on any atom is 0.293 e. The number of hydrogen-bond acceptors (Lipinski definition) is 6. The van der Waals surface area contributed by atoms with Gasteiger partial charge in [0.1, 0.15) is 0 Å². The van der Waals surface area contributed by atoms with Crippen molar-refractivity contribution in [3.63, 3.8) is 0 Å². The molecule has 6 rings (SSSR count). The number of oxazole rings is 1. The highest BCUT2D eigenvalue weighted by atomic mass is 32.2. The molecule has 2 bridgehead atoms. The Balaban J connectivity index is 1.60. The van der Waals surface area contributed by atoms with Crippen LogP contribution in [0.2, 0.25) is 0 Å². The van der Waals surface area contributed by atoms with Crippen LogP contribution in [0.4, 0.5) is 6.01 Å². The first-order valence-electron chi connectivity index (χ1n) is 5.97. The van der Waals surface area contributed by atoms with Gasteiger partial charge in [0, 0.05) is 4.90 Å². The van der Waals surface area contributed by atoms with Crippen molar-refractivity contribution in [2.45, 2.75) is 9.99 Å². The number of fused-ring (bicyclic) bond motifs is 1. The lowest BCUT2D eigenvalue weighted by Crippen LogP contribution is -1.96. The minimum absolute atomic E-state index is 0.0857. The molecule has 2 N–H and O–H groups in total. The molecule has 5 nitrogen and oxygen atoms in total. The van der Waals surface area contributed by atoms with E-state index in [0.717, 1.165) is 15.5 Å². The number of aromatic nitrogens is 1. The molecule has 1 atom stereocenters. The summed E-state index contributed by atoms with van der Waals surface area (Å²) in [4.78, 5) is 5.18. The first-order valence-corrected chi connectivity index (χ1v) is 8.50. The van der Waals surface area contributed by atoms with Crippen LogP contribution in [0.15, 0.2) is 49.2 Å². The van der Waals surface area contributed by atoms with E-state index in [-0.39, 0.29) is 6.01 Å². The van der Waals surface area contributed by atoms with Gasteiger partial charge in [-0.05, 0) is 23.9 Å². The zero-order valence-electron chi connectivity index (χ0n) is 9.99. The van der Waals surface area contributed by atoms with Crippen LogP contribution in [-0.2, 0) is 4.57 Å². The van der Waals surface area contributed by atoms with Gasteiger partial charge < -0.3 is 19.1 Å². The molecule has 1 unspecified atom stereocenters. The molecule has 0 fully saturated rings. The SMILES string of the molecule is Nc1nc(-c2oc3c4c2P34=O)c(Sc2ccccc2)o1. The van der Waals surface area contributed by atoms with Crippen LogP contribution in [-0.4, -0.2) is 4.98 Å². The number of nitrogen functional groups attached to an aromatic ring is 1. The molecule has 0 amide bonds. The summed E-state index contributed by atoms with van der Waals surface area (Å²) in [7, 11) is -2.25. The highest BCUT2D eigenvalue weighted by Gasteiger charge is 2.75. The van der Waals surface area contributed by atoms with Crippen molar-refractivity contribution < 1.29 is 13.4 Å². The van der Waals surface area contributed by atoms with Gasteiger partial charge in [0.25, 0.3) is 6.01 Å². The monoisotopic (exact) mass is 302 g/mol. The second kappa shape index (κ2) is 3.22. The zero-order chi connectivity index (χ0) is 13.5. The Hall–Kier alpha value is -1.91. The van der Waals surface area contributed by atoms with Crippen molar-refractivity contribution in [3.05, 3.63) is 30.3 Å². The van der Waals surface area contributed by atoms with Gasteiger partial charge in [0.05, 0.1) is 10.6 Å². The van der Waals surface area contributed by atoms with Crippen LogP contribution in [0.25, 0.3) is 11.5 Å². The molecule has 0 saturated heterocycles. The van der Waals surface area contributed by atoms with Crippen LogP contribution in [0.3, 0.4) is 0 Å². The lowest BCUT2D eigenvalue weighted by molar-refractivity contribution is 0.488. The average Bonchev–Trinajstić information content (AvgIpc) is 2.99. The van der Waals surface area contributed by atoms with Crippen LogP contribution < -0.4 is 21.8 Å². The molecule has 20 heavy (non-hydrogen) atoms. The topological polar surface area (TPSA) is 82.3 Å². The Morgan fingerprint density at radius 3 is 2.55 bits per heavy atom. The van der Waals surface area contributed by atoms with Crippen molar-refractivity contribution in [1.29, 1.82) is 0 Å². The van der Waals surface area contributed by atoms with Crippen molar-refractivity contribution in [1.82, 2.24) is 4.98 Å². The number of anilines is 1. The van der Waals surface area contributed by atoms with Gasteiger partial charge in [0.15, 0.2) is 22.0 Å². The number of benzene rings is 1. The number of furan rings is 1. The zero-order valence-corrected chi connectivity index (χ0v) is 11.7. The van der Waals surface area contributed by atoms with Crippen molar-refractivity contribution in [2.75, 3.05) is 5.73 Å². The molecule has 5 heterocycles. The smallest absolute Gasteiger partial charge is 0.293 e. The number of nitrogens with zero attached hydrogens (tertiary/aromatic N) is 1. The molecule has 0 saturated carbocycles. The molecule has 3 aromatic rings. The molecule has 3 aliphatic rings. The summed E-state index contributed by atoms with van der Waals surface area (Å²) >= 11 is 1.42. The first kappa shape index (κ1) is 10.8. The lowest BCUT2D eigenvalue weighted by atomic mass is 10.4. The highest BCUT2D eigenvalue weighted by molar-refractivity contribution is 8.06. The van der Waals surface area contributed by atoms with E-state index in [1.54, 1.807) is 0 Å². The normalized spacial score (nSPS) is 20.8. The van der Waals surface area contributed by atoms with Gasteiger partial charge in [-0.2, -0.15) is 4.98 Å². The average molecular weight is 302 g/mol. The van der Waals surface area contributed by atoms with Crippen LogP contribution >= 0.6 is 18.9 Å². The standard InChI is InChI=1S/C13H7N2O3PS/c14-13-15-7(8-9-10-11(17-8)19(9,10)16)12(18-13)20-6-4-2-1-3-5-6/h1-5H,(H2,14,15).